The SMILES string of the molecule is CC(=O)[C@@H]1[C@H]2CCCC2CN1C(C)=O. The van der Waals surface area contributed by atoms with Gasteiger partial charge in [-0.3, -0.25) is 9.59 Å². The first-order valence-electron chi connectivity index (χ1n) is 5.39. The summed E-state index contributed by atoms with van der Waals surface area (Å²) in [5.41, 5.74) is 0. The number of hydrogen-bond acceptors (Lipinski definition) is 2. The maximum Gasteiger partial charge on any atom is 0.220 e. The fourth-order valence-corrected chi connectivity index (χ4v) is 3.15. The zero-order chi connectivity index (χ0) is 10.3. The molecule has 1 saturated heterocycles. The summed E-state index contributed by atoms with van der Waals surface area (Å²) < 4.78 is 0. The first-order valence-corrected chi connectivity index (χ1v) is 5.39. The molecule has 0 bridgehead atoms. The Kier molecular flexibility index (Phi) is 2.33. The maximum atomic E-state index is 11.5. The molecule has 2 rings (SSSR count). The van der Waals surface area contributed by atoms with Crippen molar-refractivity contribution in [2.75, 3.05) is 6.54 Å². The summed E-state index contributed by atoms with van der Waals surface area (Å²) in [7, 11) is 0. The Balaban J connectivity index is 2.21. The molecule has 0 aromatic rings. The van der Waals surface area contributed by atoms with Crippen LogP contribution in [0.1, 0.15) is 33.1 Å². The molecule has 0 spiro atoms. The van der Waals surface area contributed by atoms with Crippen LogP contribution in [0.15, 0.2) is 0 Å². The second-order valence-electron chi connectivity index (χ2n) is 4.58. The van der Waals surface area contributed by atoms with Crippen LogP contribution >= 0.6 is 0 Å². The van der Waals surface area contributed by atoms with E-state index in [1.165, 1.54) is 12.8 Å². The van der Waals surface area contributed by atoms with Crippen LogP contribution in [-0.2, 0) is 9.59 Å². The Bertz CT molecular complexity index is 274. The first kappa shape index (κ1) is 9.69. The molecule has 1 heterocycles. The number of amides is 1. The second kappa shape index (κ2) is 3.37. The number of nitrogens with zero attached hydrogens (tertiary/aromatic N) is 1. The molecule has 1 aliphatic carbocycles. The quantitative estimate of drug-likeness (QED) is 0.631. The molecule has 1 amide bonds. The molecule has 78 valence electrons. The van der Waals surface area contributed by atoms with Gasteiger partial charge in [-0.2, -0.15) is 0 Å². The van der Waals surface area contributed by atoms with Crippen LogP contribution in [0.4, 0.5) is 0 Å². The van der Waals surface area contributed by atoms with Crippen molar-refractivity contribution >= 4 is 11.7 Å². The van der Waals surface area contributed by atoms with E-state index in [-0.39, 0.29) is 17.7 Å². The summed E-state index contributed by atoms with van der Waals surface area (Å²) in [6.45, 7) is 3.99. The average Bonchev–Trinajstić information content (AvgIpc) is 2.58. The monoisotopic (exact) mass is 195 g/mol. The number of Topliss-reactive ketones (excluding diaryl/α,β-unsaturated/α-hetero) is 1. The van der Waals surface area contributed by atoms with E-state index in [0.29, 0.717) is 11.8 Å². The van der Waals surface area contributed by atoms with Gasteiger partial charge < -0.3 is 4.90 Å². The van der Waals surface area contributed by atoms with Gasteiger partial charge in [0.1, 0.15) is 0 Å². The fraction of sp³-hybridized carbons (Fsp3) is 0.818. The molecule has 14 heavy (non-hydrogen) atoms. The molecule has 1 aliphatic heterocycles. The van der Waals surface area contributed by atoms with Gasteiger partial charge >= 0.3 is 0 Å². The number of carbonyl (C=O) groups excluding carboxylic acids is 2. The molecule has 0 radical (unpaired) electrons. The molecule has 2 fully saturated rings. The minimum atomic E-state index is -0.111. The second-order valence-corrected chi connectivity index (χ2v) is 4.58. The predicted octanol–water partition coefficient (Wildman–Crippen LogP) is 1.22. The highest BCUT2D eigenvalue weighted by Gasteiger charge is 2.46. The van der Waals surface area contributed by atoms with E-state index in [0.717, 1.165) is 13.0 Å². The molecule has 3 atom stereocenters. The lowest BCUT2D eigenvalue weighted by Crippen LogP contribution is -2.41. The molecular formula is C11H17NO2. The Labute approximate surface area is 84.5 Å². The van der Waals surface area contributed by atoms with Crippen LogP contribution in [0.2, 0.25) is 0 Å². The van der Waals surface area contributed by atoms with Crippen molar-refractivity contribution in [1.82, 2.24) is 4.90 Å². The number of fused-ring (bicyclic) bond motifs is 1. The molecule has 0 aromatic carbocycles. The molecule has 0 aromatic heterocycles. The van der Waals surface area contributed by atoms with Crippen molar-refractivity contribution in [2.24, 2.45) is 11.8 Å². The summed E-state index contributed by atoms with van der Waals surface area (Å²) >= 11 is 0. The number of rotatable bonds is 1. The summed E-state index contributed by atoms with van der Waals surface area (Å²) in [5, 5.41) is 0. The van der Waals surface area contributed by atoms with Crippen LogP contribution in [0.3, 0.4) is 0 Å². The third-order valence-corrected chi connectivity index (χ3v) is 3.71. The largest absolute Gasteiger partial charge is 0.332 e. The van der Waals surface area contributed by atoms with Crippen LogP contribution in [0, 0.1) is 11.8 Å². The smallest absolute Gasteiger partial charge is 0.220 e. The van der Waals surface area contributed by atoms with E-state index < -0.39 is 0 Å². The highest BCUT2D eigenvalue weighted by atomic mass is 16.2. The Morgan fingerprint density at radius 3 is 2.50 bits per heavy atom. The summed E-state index contributed by atoms with van der Waals surface area (Å²) in [6, 6.07) is -0.111. The van der Waals surface area contributed by atoms with Gasteiger partial charge in [0.25, 0.3) is 0 Å². The zero-order valence-electron chi connectivity index (χ0n) is 8.82. The highest BCUT2D eigenvalue weighted by Crippen LogP contribution is 2.42. The van der Waals surface area contributed by atoms with Crippen molar-refractivity contribution < 1.29 is 9.59 Å². The summed E-state index contributed by atoms with van der Waals surface area (Å²) in [4.78, 5) is 24.6. The number of likely N-dealkylation sites (tertiary alicyclic amines) is 1. The van der Waals surface area contributed by atoms with Crippen molar-refractivity contribution in [1.29, 1.82) is 0 Å². The van der Waals surface area contributed by atoms with Gasteiger partial charge in [-0.25, -0.2) is 0 Å². The Morgan fingerprint density at radius 1 is 1.21 bits per heavy atom. The number of carbonyl (C=O) groups is 2. The van der Waals surface area contributed by atoms with Crippen LogP contribution < -0.4 is 0 Å². The molecule has 0 N–H and O–H groups in total. The standard InChI is InChI=1S/C11H17NO2/c1-7(13)11-10-5-3-4-9(10)6-12(11)8(2)14/h9-11H,3-6H2,1-2H3/t9?,10-,11+/m0/s1. The lowest BCUT2D eigenvalue weighted by Gasteiger charge is -2.24. The zero-order valence-corrected chi connectivity index (χ0v) is 8.82. The van der Waals surface area contributed by atoms with Crippen molar-refractivity contribution in [3.05, 3.63) is 0 Å². The van der Waals surface area contributed by atoms with E-state index >= 15 is 0 Å². The highest BCUT2D eigenvalue weighted by molar-refractivity contribution is 5.87. The maximum absolute atomic E-state index is 11.5. The van der Waals surface area contributed by atoms with Gasteiger partial charge in [-0.05, 0) is 31.6 Å². The topological polar surface area (TPSA) is 37.4 Å². The van der Waals surface area contributed by atoms with Crippen LogP contribution in [0.25, 0.3) is 0 Å². The third kappa shape index (κ3) is 1.35. The molecule has 1 unspecified atom stereocenters. The normalized spacial score (nSPS) is 35.9. The Morgan fingerprint density at radius 2 is 1.93 bits per heavy atom. The van der Waals surface area contributed by atoms with Gasteiger partial charge in [-0.15, -0.1) is 0 Å². The lowest BCUT2D eigenvalue weighted by atomic mass is 9.92. The van der Waals surface area contributed by atoms with Gasteiger partial charge in [-0.1, -0.05) is 6.42 Å². The van der Waals surface area contributed by atoms with Crippen molar-refractivity contribution in [2.45, 2.75) is 39.2 Å². The van der Waals surface area contributed by atoms with Gasteiger partial charge in [0.15, 0.2) is 5.78 Å². The minimum Gasteiger partial charge on any atom is -0.332 e. The van der Waals surface area contributed by atoms with E-state index in [4.69, 9.17) is 0 Å². The average molecular weight is 195 g/mol. The molecule has 3 heteroatoms. The van der Waals surface area contributed by atoms with Gasteiger partial charge in [0.05, 0.1) is 6.04 Å². The van der Waals surface area contributed by atoms with Crippen molar-refractivity contribution in [3.63, 3.8) is 0 Å². The summed E-state index contributed by atoms with van der Waals surface area (Å²) in [5.74, 6) is 1.26. The summed E-state index contributed by atoms with van der Waals surface area (Å²) in [6.07, 6.45) is 3.54. The van der Waals surface area contributed by atoms with Crippen LogP contribution in [0.5, 0.6) is 0 Å². The first-order chi connectivity index (χ1) is 6.61. The number of ketones is 1. The van der Waals surface area contributed by atoms with Gasteiger partial charge in [0.2, 0.25) is 5.91 Å². The third-order valence-electron chi connectivity index (χ3n) is 3.71. The lowest BCUT2D eigenvalue weighted by molar-refractivity contribution is -0.136. The molecule has 3 nitrogen and oxygen atoms in total. The van der Waals surface area contributed by atoms with Crippen LogP contribution in [-0.4, -0.2) is 29.2 Å². The van der Waals surface area contributed by atoms with E-state index in [2.05, 4.69) is 0 Å². The van der Waals surface area contributed by atoms with E-state index in [1.54, 1.807) is 18.7 Å². The van der Waals surface area contributed by atoms with Crippen molar-refractivity contribution in [3.8, 4) is 0 Å². The Hall–Kier alpha value is -0.860. The number of hydrogen-bond donors (Lipinski definition) is 0. The fourth-order valence-electron chi connectivity index (χ4n) is 3.15. The molecular weight excluding hydrogens is 178 g/mol. The molecule has 1 saturated carbocycles. The minimum absolute atomic E-state index is 0.0552. The van der Waals surface area contributed by atoms with E-state index in [9.17, 15) is 9.59 Å². The predicted molar refractivity (Wildman–Crippen MR) is 52.7 cm³/mol. The molecule has 2 aliphatic rings. The van der Waals surface area contributed by atoms with Gasteiger partial charge in [0, 0.05) is 13.5 Å². The van der Waals surface area contributed by atoms with E-state index in [1.807, 2.05) is 0 Å².